The summed E-state index contributed by atoms with van der Waals surface area (Å²) in [6, 6.07) is 13.6. The van der Waals surface area contributed by atoms with E-state index in [1.807, 2.05) is 30.3 Å². The molecule has 214 valence electrons. The minimum Gasteiger partial charge on any atom is -0.493 e. The molecule has 3 aromatic rings. The number of alkyl halides is 3. The second-order valence-corrected chi connectivity index (χ2v) is 10.9. The lowest BCUT2D eigenvalue weighted by Crippen LogP contribution is -2.46. The molecule has 1 saturated carbocycles. The molecule has 0 bridgehead atoms. The number of benzene rings is 2. The Morgan fingerprint density at radius 2 is 1.77 bits per heavy atom. The molecule has 2 aromatic carbocycles. The average Bonchev–Trinajstić information content (AvgIpc) is 3.16. The van der Waals surface area contributed by atoms with Crippen molar-refractivity contribution < 1.29 is 36.2 Å². The molecule has 40 heavy (non-hydrogen) atoms. The highest BCUT2D eigenvalue weighted by Crippen LogP contribution is 2.61. The zero-order chi connectivity index (χ0) is 28.8. The molecule has 5 rings (SSSR count). The summed E-state index contributed by atoms with van der Waals surface area (Å²) in [5.74, 6) is -4.48. The van der Waals surface area contributed by atoms with Crippen molar-refractivity contribution in [1.29, 1.82) is 0 Å². The number of ether oxygens (including phenoxy) is 3. The highest BCUT2D eigenvalue weighted by Gasteiger charge is 2.65. The molecular formula is C31H32F5NO3. The number of methoxy groups -OCH3 is 1. The Morgan fingerprint density at radius 1 is 1.07 bits per heavy atom. The molecule has 1 aliphatic carbocycles. The maximum Gasteiger partial charge on any atom is 0.417 e. The maximum absolute atomic E-state index is 14.9. The van der Waals surface area contributed by atoms with Gasteiger partial charge < -0.3 is 14.2 Å². The van der Waals surface area contributed by atoms with Gasteiger partial charge in [-0.15, -0.1) is 0 Å². The first-order valence-corrected chi connectivity index (χ1v) is 13.4. The van der Waals surface area contributed by atoms with Crippen LogP contribution in [0.5, 0.6) is 11.5 Å². The fraction of sp³-hybridized carbons (Fsp3) is 0.452. The van der Waals surface area contributed by atoms with Crippen molar-refractivity contribution in [3.63, 3.8) is 0 Å². The third-order valence-corrected chi connectivity index (χ3v) is 8.51. The fourth-order valence-corrected chi connectivity index (χ4v) is 5.90. The van der Waals surface area contributed by atoms with Crippen molar-refractivity contribution in [2.45, 2.75) is 76.4 Å². The number of aromatic nitrogens is 1. The van der Waals surface area contributed by atoms with Gasteiger partial charge in [-0.1, -0.05) is 49.7 Å². The van der Waals surface area contributed by atoms with Crippen molar-refractivity contribution in [3.8, 4) is 11.5 Å². The number of hydrogen-bond donors (Lipinski definition) is 0. The van der Waals surface area contributed by atoms with Crippen LogP contribution in [0, 0.1) is 24.5 Å². The molecule has 2 aliphatic rings. The van der Waals surface area contributed by atoms with E-state index in [2.05, 4.69) is 0 Å². The van der Waals surface area contributed by atoms with E-state index in [9.17, 15) is 22.0 Å². The van der Waals surface area contributed by atoms with E-state index in [4.69, 9.17) is 19.2 Å². The number of halogens is 5. The van der Waals surface area contributed by atoms with Crippen LogP contribution in [0.25, 0.3) is 0 Å². The molecule has 0 unspecified atom stereocenters. The second-order valence-electron chi connectivity index (χ2n) is 10.9. The smallest absolute Gasteiger partial charge is 0.417 e. The Kier molecular flexibility index (Phi) is 7.54. The van der Waals surface area contributed by atoms with Gasteiger partial charge in [-0.05, 0) is 44.2 Å². The molecule has 2 fully saturated rings. The van der Waals surface area contributed by atoms with Crippen molar-refractivity contribution in [2.24, 2.45) is 5.92 Å². The highest BCUT2D eigenvalue weighted by molar-refractivity contribution is 5.47. The molecule has 0 radical (unpaired) electrons. The lowest BCUT2D eigenvalue weighted by atomic mass is 9.73. The van der Waals surface area contributed by atoms with Crippen LogP contribution < -0.4 is 9.47 Å². The SMILES string of the molecule is COc1c([C@H]2[C@H](c3nc(C)cc(OCc4ccccc4)c3C3CCC3)O[C@@](C)(C(F)(F)F)[C@H]2C)ccc(F)c1F. The van der Waals surface area contributed by atoms with Crippen LogP contribution in [0.3, 0.4) is 0 Å². The monoisotopic (exact) mass is 561 g/mol. The van der Waals surface area contributed by atoms with E-state index in [-0.39, 0.29) is 18.1 Å². The number of pyridine rings is 1. The van der Waals surface area contributed by atoms with E-state index in [0.717, 1.165) is 37.8 Å². The van der Waals surface area contributed by atoms with E-state index >= 15 is 0 Å². The van der Waals surface area contributed by atoms with Gasteiger partial charge in [0.15, 0.2) is 17.2 Å². The second kappa shape index (κ2) is 10.7. The van der Waals surface area contributed by atoms with Gasteiger partial charge in [0.1, 0.15) is 18.5 Å². The van der Waals surface area contributed by atoms with Crippen LogP contribution in [0.15, 0.2) is 48.5 Å². The molecule has 1 aromatic heterocycles. The van der Waals surface area contributed by atoms with Crippen molar-refractivity contribution in [3.05, 3.63) is 88.2 Å². The molecule has 4 atom stereocenters. The van der Waals surface area contributed by atoms with Gasteiger partial charge >= 0.3 is 6.18 Å². The van der Waals surface area contributed by atoms with Gasteiger partial charge in [0.2, 0.25) is 5.82 Å². The lowest BCUT2D eigenvalue weighted by Gasteiger charge is -2.33. The standard InChI is InChI=1S/C31H32F5NO3/c1-17-15-23(39-16-19-9-6-5-7-10-19)25(20-11-8-12-20)27(37-17)29-24(18(2)30(3,40-29)31(34,35)36)21-13-14-22(32)26(33)28(21)38-4/h5-7,9-10,13-15,18,20,24,29H,8,11-12,16H2,1-4H3/t18-,24-,29+,30+/m0/s1. The Hall–Kier alpha value is -3.20. The summed E-state index contributed by atoms with van der Waals surface area (Å²) < 4.78 is 90.2. The van der Waals surface area contributed by atoms with Gasteiger partial charge in [-0.3, -0.25) is 4.98 Å². The summed E-state index contributed by atoms with van der Waals surface area (Å²) in [7, 11) is 1.17. The van der Waals surface area contributed by atoms with E-state index in [0.29, 0.717) is 22.7 Å². The van der Waals surface area contributed by atoms with Gasteiger partial charge in [-0.25, -0.2) is 4.39 Å². The van der Waals surface area contributed by atoms with Crippen LogP contribution in [-0.2, 0) is 11.3 Å². The lowest BCUT2D eigenvalue weighted by molar-refractivity contribution is -0.275. The molecule has 2 heterocycles. The predicted molar refractivity (Wildman–Crippen MR) is 139 cm³/mol. The first-order valence-electron chi connectivity index (χ1n) is 13.4. The van der Waals surface area contributed by atoms with Crippen LogP contribution in [-0.4, -0.2) is 23.9 Å². The third-order valence-electron chi connectivity index (χ3n) is 8.51. The summed E-state index contributed by atoms with van der Waals surface area (Å²) in [6.45, 7) is 4.44. The van der Waals surface area contributed by atoms with Crippen LogP contribution in [0.1, 0.15) is 79.1 Å². The Balaban J connectivity index is 1.68. The van der Waals surface area contributed by atoms with Gasteiger partial charge in [0.05, 0.1) is 12.8 Å². The van der Waals surface area contributed by atoms with Gasteiger partial charge in [-0.2, -0.15) is 17.6 Å². The number of nitrogens with zero attached hydrogens (tertiary/aromatic N) is 1. The van der Waals surface area contributed by atoms with E-state index in [1.165, 1.54) is 20.1 Å². The fourth-order valence-electron chi connectivity index (χ4n) is 5.90. The predicted octanol–water partition coefficient (Wildman–Crippen LogP) is 8.34. The largest absolute Gasteiger partial charge is 0.493 e. The van der Waals surface area contributed by atoms with Crippen molar-refractivity contribution in [1.82, 2.24) is 4.98 Å². The van der Waals surface area contributed by atoms with Crippen molar-refractivity contribution >= 4 is 0 Å². The number of aryl methyl sites for hydroxylation is 1. The quantitative estimate of drug-likeness (QED) is 0.272. The Morgan fingerprint density at radius 3 is 2.38 bits per heavy atom. The highest BCUT2D eigenvalue weighted by atomic mass is 19.4. The topological polar surface area (TPSA) is 40.6 Å². The van der Waals surface area contributed by atoms with Crippen LogP contribution in [0.2, 0.25) is 0 Å². The van der Waals surface area contributed by atoms with E-state index in [1.54, 1.807) is 13.0 Å². The molecule has 0 amide bonds. The summed E-state index contributed by atoms with van der Waals surface area (Å²) >= 11 is 0. The van der Waals surface area contributed by atoms with Crippen molar-refractivity contribution in [2.75, 3.05) is 7.11 Å². The van der Waals surface area contributed by atoms with Gasteiger partial charge in [0, 0.05) is 34.7 Å². The molecule has 4 nitrogen and oxygen atoms in total. The molecule has 0 N–H and O–H groups in total. The minimum absolute atomic E-state index is 0.0259. The van der Waals surface area contributed by atoms with Crippen LogP contribution >= 0.6 is 0 Å². The molecule has 1 aliphatic heterocycles. The van der Waals surface area contributed by atoms with E-state index < -0.39 is 47.1 Å². The summed E-state index contributed by atoms with van der Waals surface area (Å²) in [5, 5.41) is 0. The molecule has 9 heteroatoms. The summed E-state index contributed by atoms with van der Waals surface area (Å²) in [6.07, 6.45) is -3.32. The van der Waals surface area contributed by atoms with Crippen LogP contribution in [0.4, 0.5) is 22.0 Å². The summed E-state index contributed by atoms with van der Waals surface area (Å²) in [4.78, 5) is 4.75. The minimum atomic E-state index is -4.74. The zero-order valence-electron chi connectivity index (χ0n) is 22.8. The first-order chi connectivity index (χ1) is 19.0. The first kappa shape index (κ1) is 28.3. The zero-order valence-corrected chi connectivity index (χ0v) is 22.8. The maximum atomic E-state index is 14.9. The van der Waals surface area contributed by atoms with Gasteiger partial charge in [0.25, 0.3) is 0 Å². The Labute approximate surface area is 230 Å². The average molecular weight is 562 g/mol. The molecule has 1 saturated heterocycles. The number of hydrogen-bond acceptors (Lipinski definition) is 4. The number of rotatable bonds is 7. The molecular weight excluding hydrogens is 529 g/mol. The Bertz CT molecular complexity index is 1380. The summed E-state index contributed by atoms with van der Waals surface area (Å²) in [5.41, 5.74) is 0.0617. The molecule has 0 spiro atoms. The third kappa shape index (κ3) is 4.82. The normalized spacial score (nSPS) is 25.1.